The lowest BCUT2D eigenvalue weighted by Crippen LogP contribution is -2.34. The van der Waals surface area contributed by atoms with E-state index >= 15 is 0 Å². The molecule has 63 valence electrons. The second kappa shape index (κ2) is 2.50. The topological polar surface area (TPSA) is 0 Å². The summed E-state index contributed by atoms with van der Waals surface area (Å²) in [7, 11) is 0. The highest BCUT2D eigenvalue weighted by Gasteiger charge is 2.38. The summed E-state index contributed by atoms with van der Waals surface area (Å²) >= 11 is 0. The highest BCUT2D eigenvalue weighted by molar-refractivity contribution is 4.94. The van der Waals surface area contributed by atoms with Gasteiger partial charge < -0.3 is 0 Å². The van der Waals surface area contributed by atoms with E-state index in [2.05, 4.69) is 20.3 Å². The molecule has 2 rings (SSSR count). The van der Waals surface area contributed by atoms with Crippen LogP contribution in [0.25, 0.3) is 0 Å². The first-order valence-electron chi connectivity index (χ1n) is 5.00. The average Bonchev–Trinajstić information content (AvgIpc) is 2.00. The van der Waals surface area contributed by atoms with Gasteiger partial charge in [-0.2, -0.15) is 0 Å². The minimum atomic E-state index is 0.646. The molecule has 0 aromatic carbocycles. The van der Waals surface area contributed by atoms with Gasteiger partial charge in [-0.3, -0.25) is 0 Å². The molecular weight excluding hydrogens is 132 g/mol. The van der Waals surface area contributed by atoms with Gasteiger partial charge in [0.25, 0.3) is 0 Å². The molecule has 0 saturated heterocycles. The van der Waals surface area contributed by atoms with Crippen molar-refractivity contribution in [2.75, 3.05) is 0 Å². The Hall–Kier alpha value is 0. The quantitative estimate of drug-likeness (QED) is 0.497. The third kappa shape index (κ3) is 1.32. The molecular formula is C11H19. The lowest BCUT2D eigenvalue weighted by Gasteiger charge is -2.45. The number of rotatable bonds is 0. The predicted molar refractivity (Wildman–Crippen MR) is 48.1 cm³/mol. The van der Waals surface area contributed by atoms with Crippen molar-refractivity contribution in [3.05, 3.63) is 6.42 Å². The van der Waals surface area contributed by atoms with Crippen molar-refractivity contribution in [3.63, 3.8) is 0 Å². The van der Waals surface area contributed by atoms with Crippen LogP contribution in [0.2, 0.25) is 0 Å². The molecule has 0 aliphatic heterocycles. The molecule has 0 aromatic heterocycles. The lowest BCUT2D eigenvalue weighted by atomic mass is 9.60. The maximum absolute atomic E-state index is 2.53. The Morgan fingerprint density at radius 1 is 1.27 bits per heavy atom. The largest absolute Gasteiger partial charge is 0.0596 e. The Morgan fingerprint density at radius 3 is 2.82 bits per heavy atom. The van der Waals surface area contributed by atoms with Gasteiger partial charge >= 0.3 is 0 Å². The van der Waals surface area contributed by atoms with Gasteiger partial charge in [0, 0.05) is 0 Å². The first-order chi connectivity index (χ1) is 5.18. The Bertz CT molecular complexity index is 146. The zero-order valence-corrected chi connectivity index (χ0v) is 7.77. The molecule has 0 aromatic rings. The first-order valence-corrected chi connectivity index (χ1v) is 5.00. The van der Waals surface area contributed by atoms with Crippen LogP contribution < -0.4 is 0 Å². The summed E-state index contributed by atoms with van der Waals surface area (Å²) in [5, 5.41) is 0. The molecule has 0 nitrogen and oxygen atoms in total. The summed E-state index contributed by atoms with van der Waals surface area (Å²) in [5.41, 5.74) is 0.646. The van der Waals surface area contributed by atoms with Crippen LogP contribution in [0.3, 0.4) is 0 Å². The fourth-order valence-electron chi connectivity index (χ4n) is 2.78. The van der Waals surface area contributed by atoms with Crippen molar-refractivity contribution in [1.29, 1.82) is 0 Å². The van der Waals surface area contributed by atoms with E-state index in [1.165, 1.54) is 32.1 Å². The van der Waals surface area contributed by atoms with Crippen LogP contribution in [-0.2, 0) is 0 Å². The molecule has 2 bridgehead atoms. The molecule has 2 fully saturated rings. The zero-order valence-electron chi connectivity index (χ0n) is 7.77. The molecule has 0 amide bonds. The van der Waals surface area contributed by atoms with E-state index < -0.39 is 0 Å². The maximum atomic E-state index is 2.53. The Morgan fingerprint density at radius 2 is 2.09 bits per heavy atom. The van der Waals surface area contributed by atoms with Crippen LogP contribution in [-0.4, -0.2) is 0 Å². The van der Waals surface area contributed by atoms with Crippen LogP contribution in [0, 0.1) is 23.7 Å². The molecule has 2 aliphatic carbocycles. The van der Waals surface area contributed by atoms with E-state index in [1.54, 1.807) is 0 Å². The molecule has 11 heavy (non-hydrogen) atoms. The van der Waals surface area contributed by atoms with Gasteiger partial charge in [-0.15, -0.1) is 0 Å². The van der Waals surface area contributed by atoms with E-state index in [1.807, 2.05) is 0 Å². The summed E-state index contributed by atoms with van der Waals surface area (Å²) in [4.78, 5) is 0. The molecule has 1 radical (unpaired) electrons. The second-order valence-electron chi connectivity index (χ2n) is 5.09. The molecule has 0 N–H and O–H groups in total. The summed E-state index contributed by atoms with van der Waals surface area (Å²) in [5.74, 6) is 2.07. The van der Waals surface area contributed by atoms with E-state index in [4.69, 9.17) is 0 Å². The smallest absolute Gasteiger partial charge is 0.0326 e. The molecule has 0 heteroatoms. The van der Waals surface area contributed by atoms with Crippen molar-refractivity contribution in [2.24, 2.45) is 17.3 Å². The number of hydrogen-bond donors (Lipinski definition) is 0. The number of hydrogen-bond acceptors (Lipinski definition) is 0. The van der Waals surface area contributed by atoms with Gasteiger partial charge in [0.05, 0.1) is 0 Å². The van der Waals surface area contributed by atoms with Crippen molar-refractivity contribution < 1.29 is 0 Å². The Balaban J connectivity index is 2.09. The standard InChI is InChI=1S/C11H19/c1-11(2)7-6-9-4-3-5-10(11)8-9/h3,9-10H,4-8H2,1-2H3. The number of fused-ring (bicyclic) bond motifs is 2. The van der Waals surface area contributed by atoms with Crippen molar-refractivity contribution in [1.82, 2.24) is 0 Å². The fraction of sp³-hybridized carbons (Fsp3) is 0.909. The third-order valence-corrected chi connectivity index (χ3v) is 3.87. The Kier molecular flexibility index (Phi) is 1.74. The Labute approximate surface area is 70.4 Å². The van der Waals surface area contributed by atoms with E-state index in [0.717, 1.165) is 11.8 Å². The summed E-state index contributed by atoms with van der Waals surface area (Å²) in [6.07, 6.45) is 9.80. The van der Waals surface area contributed by atoms with E-state index in [0.29, 0.717) is 5.41 Å². The van der Waals surface area contributed by atoms with Crippen LogP contribution in [0.5, 0.6) is 0 Å². The van der Waals surface area contributed by atoms with Gasteiger partial charge in [0.2, 0.25) is 0 Å². The van der Waals surface area contributed by atoms with Gasteiger partial charge in [-0.05, 0) is 55.8 Å². The SMILES string of the molecule is CC1(C)CCC2C[CH]CC1C2. The highest BCUT2D eigenvalue weighted by Crippen LogP contribution is 2.49. The molecule has 2 aliphatic rings. The van der Waals surface area contributed by atoms with Crippen LogP contribution >= 0.6 is 0 Å². The molecule has 2 saturated carbocycles. The van der Waals surface area contributed by atoms with Gasteiger partial charge in [0.15, 0.2) is 0 Å². The second-order valence-corrected chi connectivity index (χ2v) is 5.09. The first kappa shape index (κ1) is 7.64. The lowest BCUT2D eigenvalue weighted by molar-refractivity contribution is 0.0760. The highest BCUT2D eigenvalue weighted by atomic mass is 14.4. The molecule has 2 unspecified atom stereocenters. The average molecular weight is 151 g/mol. The summed E-state index contributed by atoms with van der Waals surface area (Å²) in [6, 6.07) is 0. The molecule has 2 atom stereocenters. The van der Waals surface area contributed by atoms with Gasteiger partial charge in [-0.25, -0.2) is 0 Å². The maximum Gasteiger partial charge on any atom is -0.0326 e. The monoisotopic (exact) mass is 151 g/mol. The summed E-state index contributed by atoms with van der Waals surface area (Å²) < 4.78 is 0. The minimum Gasteiger partial charge on any atom is -0.0596 e. The third-order valence-electron chi connectivity index (χ3n) is 3.87. The molecule has 0 spiro atoms. The van der Waals surface area contributed by atoms with Crippen LogP contribution in [0.4, 0.5) is 0 Å². The van der Waals surface area contributed by atoms with Crippen LogP contribution in [0.1, 0.15) is 46.0 Å². The van der Waals surface area contributed by atoms with Gasteiger partial charge in [0.1, 0.15) is 0 Å². The normalized spacial score (nSPS) is 42.0. The fourth-order valence-corrected chi connectivity index (χ4v) is 2.78. The predicted octanol–water partition coefficient (Wildman–Crippen LogP) is 3.43. The zero-order chi connectivity index (χ0) is 7.90. The van der Waals surface area contributed by atoms with Crippen molar-refractivity contribution >= 4 is 0 Å². The van der Waals surface area contributed by atoms with Crippen LogP contribution in [0.15, 0.2) is 0 Å². The minimum absolute atomic E-state index is 0.646. The van der Waals surface area contributed by atoms with E-state index in [-0.39, 0.29) is 0 Å². The van der Waals surface area contributed by atoms with Crippen molar-refractivity contribution in [2.45, 2.75) is 46.0 Å². The summed E-state index contributed by atoms with van der Waals surface area (Å²) in [6.45, 7) is 4.90. The van der Waals surface area contributed by atoms with Gasteiger partial charge in [-0.1, -0.05) is 13.8 Å². The van der Waals surface area contributed by atoms with Crippen molar-refractivity contribution in [3.8, 4) is 0 Å². The van der Waals surface area contributed by atoms with E-state index in [9.17, 15) is 0 Å². The molecule has 0 heterocycles.